The number of ether oxygens (including phenoxy) is 1. The Hall–Kier alpha value is -3.41. The number of sulfonamides is 2. The molecule has 0 radical (unpaired) electrons. The van der Waals surface area contributed by atoms with E-state index in [-0.39, 0.29) is 28.5 Å². The van der Waals surface area contributed by atoms with Gasteiger partial charge in [0.15, 0.2) is 0 Å². The molecule has 3 rings (SSSR count). The fourth-order valence-corrected chi connectivity index (χ4v) is 5.45. The van der Waals surface area contributed by atoms with Crippen LogP contribution in [0, 0.1) is 13.8 Å². The molecule has 192 valence electrons. The van der Waals surface area contributed by atoms with E-state index in [0.29, 0.717) is 17.0 Å². The van der Waals surface area contributed by atoms with Crippen molar-refractivity contribution in [2.75, 3.05) is 32.0 Å². The van der Waals surface area contributed by atoms with E-state index in [2.05, 4.69) is 10.0 Å². The maximum Gasteiger partial charge on any atom is 0.262 e. The van der Waals surface area contributed by atoms with Crippen molar-refractivity contribution in [1.29, 1.82) is 0 Å². The molecule has 0 saturated heterocycles. The Morgan fingerprint density at radius 1 is 0.889 bits per heavy atom. The van der Waals surface area contributed by atoms with Crippen molar-refractivity contribution >= 4 is 31.6 Å². The highest BCUT2D eigenvalue weighted by Crippen LogP contribution is 2.21. The molecule has 0 aliphatic rings. The van der Waals surface area contributed by atoms with Gasteiger partial charge in [-0.15, -0.1) is 0 Å². The lowest BCUT2D eigenvalue weighted by atomic mass is 10.1. The molecule has 0 saturated carbocycles. The van der Waals surface area contributed by atoms with Crippen LogP contribution in [0.25, 0.3) is 0 Å². The normalized spacial score (nSPS) is 11.8. The van der Waals surface area contributed by atoms with E-state index in [4.69, 9.17) is 4.74 Å². The molecule has 0 unspecified atom stereocenters. The number of anilines is 1. The van der Waals surface area contributed by atoms with Crippen molar-refractivity contribution in [3.63, 3.8) is 0 Å². The Morgan fingerprint density at radius 2 is 1.53 bits per heavy atom. The van der Waals surface area contributed by atoms with Gasteiger partial charge in [0.2, 0.25) is 10.0 Å². The van der Waals surface area contributed by atoms with Gasteiger partial charge in [0.1, 0.15) is 12.4 Å². The molecule has 3 aromatic rings. The first-order valence-corrected chi connectivity index (χ1v) is 14.0. The smallest absolute Gasteiger partial charge is 0.262 e. The zero-order valence-electron chi connectivity index (χ0n) is 20.5. The van der Waals surface area contributed by atoms with Crippen LogP contribution < -0.4 is 14.8 Å². The van der Waals surface area contributed by atoms with E-state index in [1.807, 2.05) is 6.92 Å². The maximum atomic E-state index is 12.9. The largest absolute Gasteiger partial charge is 0.492 e. The van der Waals surface area contributed by atoms with Crippen molar-refractivity contribution < 1.29 is 26.4 Å². The van der Waals surface area contributed by atoms with Crippen LogP contribution in [-0.4, -0.2) is 54.3 Å². The predicted octanol–water partition coefficient (Wildman–Crippen LogP) is 3.16. The highest BCUT2D eigenvalue weighted by Gasteiger charge is 2.20. The van der Waals surface area contributed by atoms with Gasteiger partial charge in [-0.05, 0) is 67.9 Å². The Balaban J connectivity index is 1.59. The summed E-state index contributed by atoms with van der Waals surface area (Å²) in [6.45, 7) is 3.87. The average molecular weight is 532 g/mol. The lowest BCUT2D eigenvalue weighted by Gasteiger charge is -2.13. The van der Waals surface area contributed by atoms with Gasteiger partial charge in [-0.25, -0.2) is 21.1 Å². The number of benzene rings is 3. The summed E-state index contributed by atoms with van der Waals surface area (Å²) in [6, 6.07) is 17.4. The maximum absolute atomic E-state index is 12.9. The zero-order chi connectivity index (χ0) is 26.5. The van der Waals surface area contributed by atoms with Crippen molar-refractivity contribution in [2.24, 2.45) is 0 Å². The van der Waals surface area contributed by atoms with E-state index in [0.717, 1.165) is 9.87 Å². The van der Waals surface area contributed by atoms with Gasteiger partial charge in [-0.3, -0.25) is 9.52 Å². The summed E-state index contributed by atoms with van der Waals surface area (Å²) in [6.07, 6.45) is 0. The van der Waals surface area contributed by atoms with E-state index in [1.165, 1.54) is 44.4 Å². The quantitative estimate of drug-likeness (QED) is 0.388. The second-order valence-corrected chi connectivity index (χ2v) is 12.1. The summed E-state index contributed by atoms with van der Waals surface area (Å²) in [4.78, 5) is 12.8. The molecule has 3 aromatic carbocycles. The zero-order valence-corrected chi connectivity index (χ0v) is 22.1. The minimum atomic E-state index is -3.89. The number of nitrogens with zero attached hydrogens (tertiary/aromatic N) is 1. The molecule has 0 bridgehead atoms. The second kappa shape index (κ2) is 11.1. The van der Waals surface area contributed by atoms with Gasteiger partial charge in [-0.2, -0.15) is 0 Å². The van der Waals surface area contributed by atoms with Crippen LogP contribution in [0.3, 0.4) is 0 Å². The average Bonchev–Trinajstić information content (AvgIpc) is 2.83. The number of aryl methyl sites for hydroxylation is 2. The summed E-state index contributed by atoms with van der Waals surface area (Å²) < 4.78 is 59.3. The molecular formula is C25H29N3O6S2. The van der Waals surface area contributed by atoms with E-state index in [9.17, 15) is 21.6 Å². The minimum Gasteiger partial charge on any atom is -0.492 e. The molecule has 11 heteroatoms. The molecule has 0 aliphatic carbocycles. The van der Waals surface area contributed by atoms with Gasteiger partial charge in [-0.1, -0.05) is 23.8 Å². The third kappa shape index (κ3) is 6.62. The van der Waals surface area contributed by atoms with Crippen LogP contribution >= 0.6 is 0 Å². The SMILES string of the molecule is Cc1ccc(NS(=O)(=O)c2cc(C(=O)NCCOc3ccc(S(=O)(=O)N(C)C)cc3)ccc2C)cc1. The van der Waals surface area contributed by atoms with Gasteiger partial charge in [0, 0.05) is 25.3 Å². The fourth-order valence-electron chi connectivity index (χ4n) is 3.22. The lowest BCUT2D eigenvalue weighted by Crippen LogP contribution is -2.28. The van der Waals surface area contributed by atoms with Crippen LogP contribution in [-0.2, 0) is 20.0 Å². The number of carbonyl (C=O) groups is 1. The van der Waals surface area contributed by atoms with E-state index < -0.39 is 26.0 Å². The van der Waals surface area contributed by atoms with E-state index in [1.54, 1.807) is 43.3 Å². The summed E-state index contributed by atoms with van der Waals surface area (Å²) in [7, 11) is -4.51. The molecule has 1 amide bonds. The topological polar surface area (TPSA) is 122 Å². The van der Waals surface area contributed by atoms with Gasteiger partial charge in [0.25, 0.3) is 15.9 Å². The standard InChI is InChI=1S/C25H29N3O6S2/c1-18-5-9-21(10-6-18)27-35(30,31)24-17-20(8-7-19(24)2)25(29)26-15-16-34-22-11-13-23(14-12-22)36(32,33)28(3)4/h5-14,17,27H,15-16H2,1-4H3,(H,26,29). The summed E-state index contributed by atoms with van der Waals surface area (Å²) in [5, 5.41) is 2.69. The van der Waals surface area contributed by atoms with Crippen LogP contribution in [0.15, 0.2) is 76.5 Å². The van der Waals surface area contributed by atoms with Crippen LogP contribution in [0.1, 0.15) is 21.5 Å². The molecule has 9 nitrogen and oxygen atoms in total. The molecule has 36 heavy (non-hydrogen) atoms. The van der Waals surface area contributed by atoms with Crippen LogP contribution in [0.5, 0.6) is 5.75 Å². The molecule has 0 heterocycles. The third-order valence-electron chi connectivity index (χ3n) is 5.30. The van der Waals surface area contributed by atoms with Gasteiger partial charge >= 0.3 is 0 Å². The highest BCUT2D eigenvalue weighted by atomic mass is 32.2. The number of hydrogen-bond acceptors (Lipinski definition) is 6. The van der Waals surface area contributed by atoms with Crippen molar-refractivity contribution in [2.45, 2.75) is 23.6 Å². The Kier molecular flexibility index (Phi) is 8.39. The number of rotatable bonds is 10. The van der Waals surface area contributed by atoms with Crippen molar-refractivity contribution in [3.8, 4) is 5.75 Å². The molecule has 0 fully saturated rings. The Morgan fingerprint density at radius 3 is 2.14 bits per heavy atom. The first kappa shape index (κ1) is 27.2. The van der Waals surface area contributed by atoms with Gasteiger partial charge in [0.05, 0.1) is 16.3 Å². The molecular weight excluding hydrogens is 502 g/mol. The molecule has 0 aromatic heterocycles. The predicted molar refractivity (Wildman–Crippen MR) is 138 cm³/mol. The van der Waals surface area contributed by atoms with Crippen molar-refractivity contribution in [3.05, 3.63) is 83.4 Å². The number of nitrogens with one attached hydrogen (secondary N) is 2. The first-order valence-electron chi connectivity index (χ1n) is 11.0. The number of hydrogen-bond donors (Lipinski definition) is 2. The third-order valence-corrected chi connectivity index (χ3v) is 8.65. The summed E-state index contributed by atoms with van der Waals surface area (Å²) in [5.74, 6) is 0.00524. The van der Waals surface area contributed by atoms with E-state index >= 15 is 0 Å². The monoisotopic (exact) mass is 531 g/mol. The summed E-state index contributed by atoms with van der Waals surface area (Å²) >= 11 is 0. The second-order valence-electron chi connectivity index (χ2n) is 8.31. The molecule has 2 N–H and O–H groups in total. The molecule has 0 aliphatic heterocycles. The fraction of sp³-hybridized carbons (Fsp3) is 0.240. The minimum absolute atomic E-state index is 0.0136. The molecule has 0 spiro atoms. The highest BCUT2D eigenvalue weighted by molar-refractivity contribution is 7.92. The summed E-state index contributed by atoms with van der Waals surface area (Å²) in [5.41, 5.74) is 2.14. The lowest BCUT2D eigenvalue weighted by molar-refractivity contribution is 0.0946. The Bertz CT molecular complexity index is 1430. The van der Waals surface area contributed by atoms with Crippen LogP contribution in [0.4, 0.5) is 5.69 Å². The van der Waals surface area contributed by atoms with Gasteiger partial charge < -0.3 is 10.1 Å². The molecule has 0 atom stereocenters. The first-order chi connectivity index (χ1) is 16.9. The number of carbonyl (C=O) groups excluding carboxylic acids is 1. The van der Waals surface area contributed by atoms with Crippen LogP contribution in [0.2, 0.25) is 0 Å². The van der Waals surface area contributed by atoms with Crippen molar-refractivity contribution in [1.82, 2.24) is 9.62 Å². The number of amides is 1. The Labute approximate surface area is 212 Å².